The van der Waals surface area contributed by atoms with Gasteiger partial charge < -0.3 is 0 Å². The lowest BCUT2D eigenvalue weighted by Gasteiger charge is -2.05. The van der Waals surface area contributed by atoms with Gasteiger partial charge in [-0.1, -0.05) is 0 Å². The van der Waals surface area contributed by atoms with E-state index in [0.29, 0.717) is 25.1 Å². The van der Waals surface area contributed by atoms with Crippen LogP contribution < -0.4 is 4.72 Å². The highest BCUT2D eigenvalue weighted by molar-refractivity contribution is 7.90. The highest BCUT2D eigenvalue weighted by Gasteiger charge is 2.09. The second kappa shape index (κ2) is 7.47. The molecule has 0 saturated carbocycles. The zero-order valence-corrected chi connectivity index (χ0v) is 11.7. The van der Waals surface area contributed by atoms with E-state index < -0.39 is 19.9 Å². The van der Waals surface area contributed by atoms with E-state index in [-0.39, 0.29) is 18.1 Å². The lowest BCUT2D eigenvalue weighted by molar-refractivity contribution is 0.574. The van der Waals surface area contributed by atoms with Crippen molar-refractivity contribution in [3.8, 4) is 0 Å². The number of unbranched alkanes of at least 4 members (excludes halogenated alkanes) is 1. The molecule has 0 bridgehead atoms. The first-order chi connectivity index (χ1) is 7.27. The van der Waals surface area contributed by atoms with Gasteiger partial charge in [0.05, 0.1) is 11.5 Å². The molecule has 8 heteroatoms. The Balaban J connectivity index is 3.75. The van der Waals surface area contributed by atoms with Gasteiger partial charge in [0.25, 0.3) is 0 Å². The Labute approximate surface area is 103 Å². The molecule has 0 radical (unpaired) electrons. The molecule has 0 atom stereocenters. The second-order valence-electron chi connectivity index (χ2n) is 3.59. The predicted octanol–water partition coefficient (Wildman–Crippen LogP) is 0.360. The molecule has 0 unspecified atom stereocenters. The molecule has 0 aromatic heterocycles. The van der Waals surface area contributed by atoms with E-state index in [9.17, 15) is 16.8 Å². The standard InChI is InChI=1S/C8H18ClNO4S2/c1-15(11,12)7-4-6-10-16(13,14)8-3-2-5-9/h10H,2-8H2,1H3. The molecular formula is C8H18ClNO4S2. The summed E-state index contributed by atoms with van der Waals surface area (Å²) in [5.41, 5.74) is 0. The third kappa shape index (κ3) is 10.7. The van der Waals surface area contributed by atoms with Gasteiger partial charge in [-0.25, -0.2) is 21.6 Å². The van der Waals surface area contributed by atoms with Gasteiger partial charge in [0.15, 0.2) is 0 Å². The van der Waals surface area contributed by atoms with Gasteiger partial charge in [-0.2, -0.15) is 0 Å². The maximum Gasteiger partial charge on any atom is 0.211 e. The molecule has 0 heterocycles. The van der Waals surface area contributed by atoms with Crippen molar-refractivity contribution < 1.29 is 16.8 Å². The largest absolute Gasteiger partial charge is 0.229 e. The van der Waals surface area contributed by atoms with Crippen LogP contribution in [0.5, 0.6) is 0 Å². The van der Waals surface area contributed by atoms with Crippen molar-refractivity contribution in [2.75, 3.05) is 30.2 Å². The third-order valence-electron chi connectivity index (χ3n) is 1.81. The summed E-state index contributed by atoms with van der Waals surface area (Å²) in [4.78, 5) is 0. The Morgan fingerprint density at radius 1 is 1.00 bits per heavy atom. The lowest BCUT2D eigenvalue weighted by Crippen LogP contribution is -2.28. The fourth-order valence-corrected chi connectivity index (χ4v) is 3.06. The molecule has 1 N–H and O–H groups in total. The van der Waals surface area contributed by atoms with E-state index in [4.69, 9.17) is 11.6 Å². The summed E-state index contributed by atoms with van der Waals surface area (Å²) in [6.07, 6.45) is 2.60. The number of hydrogen-bond donors (Lipinski definition) is 1. The normalized spacial score (nSPS) is 12.9. The predicted molar refractivity (Wildman–Crippen MR) is 66.1 cm³/mol. The summed E-state index contributed by atoms with van der Waals surface area (Å²) in [5.74, 6) is 0.486. The monoisotopic (exact) mass is 291 g/mol. The first kappa shape index (κ1) is 16.1. The SMILES string of the molecule is CS(=O)(=O)CCCNS(=O)(=O)CCCCCl. The number of halogens is 1. The zero-order valence-electron chi connectivity index (χ0n) is 9.28. The van der Waals surface area contributed by atoms with Crippen LogP contribution in [0.4, 0.5) is 0 Å². The van der Waals surface area contributed by atoms with Crippen LogP contribution in [-0.2, 0) is 19.9 Å². The molecule has 0 aliphatic rings. The summed E-state index contributed by atoms with van der Waals surface area (Å²) in [6, 6.07) is 0. The van der Waals surface area contributed by atoms with E-state index in [1.54, 1.807) is 0 Å². The Morgan fingerprint density at radius 2 is 1.62 bits per heavy atom. The molecular weight excluding hydrogens is 274 g/mol. The van der Waals surface area contributed by atoms with Crippen molar-refractivity contribution in [2.45, 2.75) is 19.3 Å². The van der Waals surface area contributed by atoms with E-state index in [1.165, 1.54) is 0 Å². The minimum absolute atomic E-state index is 0.00278. The van der Waals surface area contributed by atoms with E-state index in [0.717, 1.165) is 6.26 Å². The van der Waals surface area contributed by atoms with Gasteiger partial charge in [0.1, 0.15) is 9.84 Å². The molecule has 0 saturated heterocycles. The lowest BCUT2D eigenvalue weighted by atomic mass is 10.4. The Hall–Kier alpha value is 0.150. The van der Waals surface area contributed by atoms with Gasteiger partial charge in [-0.05, 0) is 19.3 Å². The molecule has 0 aromatic carbocycles. The number of sulfonamides is 1. The first-order valence-electron chi connectivity index (χ1n) is 4.98. The number of rotatable bonds is 9. The summed E-state index contributed by atoms with van der Waals surface area (Å²) in [5, 5.41) is 0. The topological polar surface area (TPSA) is 80.3 Å². The van der Waals surface area contributed by atoms with Crippen LogP contribution in [0.2, 0.25) is 0 Å². The minimum Gasteiger partial charge on any atom is -0.229 e. The smallest absolute Gasteiger partial charge is 0.211 e. The average molecular weight is 292 g/mol. The molecule has 0 aliphatic heterocycles. The van der Waals surface area contributed by atoms with Crippen molar-refractivity contribution in [3.05, 3.63) is 0 Å². The number of hydrogen-bond acceptors (Lipinski definition) is 4. The maximum atomic E-state index is 11.3. The summed E-state index contributed by atoms with van der Waals surface area (Å²) in [7, 11) is -6.29. The average Bonchev–Trinajstić information content (AvgIpc) is 2.11. The molecule has 0 fully saturated rings. The summed E-state index contributed by atoms with van der Waals surface area (Å²) >= 11 is 5.43. The molecule has 5 nitrogen and oxygen atoms in total. The zero-order chi connectivity index (χ0) is 12.7. The van der Waals surface area contributed by atoms with Crippen LogP contribution in [0.1, 0.15) is 19.3 Å². The second-order valence-corrected chi connectivity index (χ2v) is 8.16. The molecule has 0 aliphatic carbocycles. The molecule has 98 valence electrons. The quantitative estimate of drug-likeness (QED) is 0.491. The van der Waals surface area contributed by atoms with Crippen LogP contribution in [0, 0.1) is 0 Å². The fraction of sp³-hybridized carbons (Fsp3) is 1.00. The Morgan fingerprint density at radius 3 is 2.12 bits per heavy atom. The van der Waals surface area contributed by atoms with Gasteiger partial charge in [-0.3, -0.25) is 0 Å². The fourth-order valence-electron chi connectivity index (χ4n) is 1.02. The van der Waals surface area contributed by atoms with Gasteiger partial charge in [-0.15, -0.1) is 11.6 Å². The third-order valence-corrected chi connectivity index (χ3v) is 4.58. The van der Waals surface area contributed by atoms with Crippen LogP contribution >= 0.6 is 11.6 Å². The summed E-state index contributed by atoms with van der Waals surface area (Å²) < 4.78 is 46.6. The molecule has 16 heavy (non-hydrogen) atoms. The number of sulfone groups is 1. The van der Waals surface area contributed by atoms with Crippen LogP contribution in [0.15, 0.2) is 0 Å². The van der Waals surface area contributed by atoms with E-state index >= 15 is 0 Å². The van der Waals surface area contributed by atoms with Crippen molar-refractivity contribution in [1.29, 1.82) is 0 Å². The molecule has 0 spiro atoms. The first-order valence-corrected chi connectivity index (χ1v) is 9.22. The minimum atomic E-state index is -3.28. The van der Waals surface area contributed by atoms with Gasteiger partial charge in [0, 0.05) is 18.7 Å². The van der Waals surface area contributed by atoms with Crippen molar-refractivity contribution in [2.24, 2.45) is 0 Å². The van der Waals surface area contributed by atoms with Crippen LogP contribution in [0.25, 0.3) is 0 Å². The Bertz CT molecular complexity index is 377. The van der Waals surface area contributed by atoms with E-state index in [2.05, 4.69) is 4.72 Å². The molecule has 0 aromatic rings. The molecule has 0 rings (SSSR count). The molecule has 0 amide bonds. The number of alkyl halides is 1. The van der Waals surface area contributed by atoms with Crippen LogP contribution in [0.3, 0.4) is 0 Å². The van der Waals surface area contributed by atoms with E-state index in [1.807, 2.05) is 0 Å². The number of nitrogens with one attached hydrogen (secondary N) is 1. The van der Waals surface area contributed by atoms with Crippen LogP contribution in [-0.4, -0.2) is 47.0 Å². The van der Waals surface area contributed by atoms with Gasteiger partial charge >= 0.3 is 0 Å². The Kier molecular flexibility index (Phi) is 7.54. The van der Waals surface area contributed by atoms with Crippen molar-refractivity contribution in [1.82, 2.24) is 4.72 Å². The summed E-state index contributed by atoms with van der Waals surface area (Å²) in [6.45, 7) is 0.163. The van der Waals surface area contributed by atoms with Crippen molar-refractivity contribution in [3.63, 3.8) is 0 Å². The highest BCUT2D eigenvalue weighted by Crippen LogP contribution is 1.97. The van der Waals surface area contributed by atoms with Crippen molar-refractivity contribution >= 4 is 31.5 Å². The maximum absolute atomic E-state index is 11.3. The highest BCUT2D eigenvalue weighted by atomic mass is 35.5. The van der Waals surface area contributed by atoms with Gasteiger partial charge in [0.2, 0.25) is 10.0 Å².